The molecule has 0 aromatic carbocycles. The van der Waals surface area contributed by atoms with Crippen molar-refractivity contribution in [1.82, 2.24) is 49.8 Å². The summed E-state index contributed by atoms with van der Waals surface area (Å²) in [6.07, 6.45) is 18.8. The van der Waals surface area contributed by atoms with Crippen LogP contribution in [-0.4, -0.2) is 49.8 Å². The fourth-order valence-electron chi connectivity index (χ4n) is 13.6. The minimum absolute atomic E-state index is 0.237. The van der Waals surface area contributed by atoms with Gasteiger partial charge in [0.25, 0.3) is 0 Å². The average molecular weight is 1020 g/mol. The first kappa shape index (κ1) is 49.1. The second-order valence-corrected chi connectivity index (χ2v) is 22.0. The molecular weight excluding hydrogens is 957 g/mol. The lowest BCUT2D eigenvalue weighted by Crippen LogP contribution is -2.36. The standard InChI is InChI=1S/C68H62N10/c1-6-31-69-59(16-1)64-26-11-21-54(74-64)49-37-45(47-39-50(55-22-12-27-65(75-55)60-17-2-7-32-70-60)43-51(40-47)56-23-13-28-66(76-56)61-18-3-8-33-71-61)36-46(38-49)48-41-52(57-24-14-29-67(77-57)62-19-4-9-34-72-62)44-53(42-48)58-25-15-30-68(78-58)63-20-5-10-35-73-63/h1-35,45-53H,36-44H2. The van der Waals surface area contributed by atoms with Gasteiger partial charge in [-0.05, 0) is 203 Å². The highest BCUT2D eigenvalue weighted by molar-refractivity contribution is 5.57. The molecular formula is C68H62N10. The zero-order valence-corrected chi connectivity index (χ0v) is 43.7. The Labute approximate surface area is 457 Å². The molecule has 0 bridgehead atoms. The molecule has 3 aliphatic carbocycles. The summed E-state index contributed by atoms with van der Waals surface area (Å²) in [4.78, 5) is 50.9. The molecule has 10 aromatic rings. The van der Waals surface area contributed by atoms with Gasteiger partial charge in [0.05, 0.1) is 56.9 Å². The summed E-state index contributed by atoms with van der Waals surface area (Å²) in [5.41, 5.74) is 14.8. The minimum Gasteiger partial charge on any atom is -0.255 e. The van der Waals surface area contributed by atoms with Gasteiger partial charge in [-0.3, -0.25) is 49.8 Å². The van der Waals surface area contributed by atoms with E-state index in [1.54, 1.807) is 0 Å². The van der Waals surface area contributed by atoms with E-state index in [0.717, 1.165) is 138 Å². The summed E-state index contributed by atoms with van der Waals surface area (Å²) >= 11 is 0. The molecule has 3 aliphatic rings. The van der Waals surface area contributed by atoms with Gasteiger partial charge in [-0.1, -0.05) is 60.7 Å². The molecule has 10 aromatic heterocycles. The molecule has 6 atom stereocenters. The zero-order valence-electron chi connectivity index (χ0n) is 43.7. The van der Waals surface area contributed by atoms with E-state index < -0.39 is 0 Å². The maximum absolute atomic E-state index is 5.50. The van der Waals surface area contributed by atoms with Crippen LogP contribution in [0.25, 0.3) is 56.9 Å². The maximum atomic E-state index is 5.50. The topological polar surface area (TPSA) is 129 Å². The third-order valence-electron chi connectivity index (χ3n) is 17.2. The predicted molar refractivity (Wildman–Crippen MR) is 307 cm³/mol. The Morgan fingerprint density at radius 2 is 0.397 bits per heavy atom. The van der Waals surface area contributed by atoms with Gasteiger partial charge in [0.15, 0.2) is 0 Å². The molecule has 10 heteroatoms. The fraction of sp³-hybridized carbons (Fsp3) is 0.265. The Morgan fingerprint density at radius 3 is 0.615 bits per heavy atom. The number of pyridine rings is 10. The van der Waals surface area contributed by atoms with Gasteiger partial charge in [0, 0.05) is 89.0 Å². The highest BCUT2D eigenvalue weighted by Crippen LogP contribution is 2.56. The van der Waals surface area contributed by atoms with E-state index in [2.05, 4.69) is 127 Å². The van der Waals surface area contributed by atoms with E-state index in [1.165, 1.54) is 5.69 Å². The largest absolute Gasteiger partial charge is 0.255 e. The van der Waals surface area contributed by atoms with Gasteiger partial charge >= 0.3 is 0 Å². The van der Waals surface area contributed by atoms with Crippen molar-refractivity contribution in [2.24, 2.45) is 23.7 Å². The lowest BCUT2D eigenvalue weighted by Gasteiger charge is -2.47. The molecule has 13 rings (SSSR count). The van der Waals surface area contributed by atoms with Crippen LogP contribution in [0.2, 0.25) is 0 Å². The maximum Gasteiger partial charge on any atom is 0.0889 e. The van der Waals surface area contributed by atoms with Crippen molar-refractivity contribution < 1.29 is 0 Å². The highest BCUT2D eigenvalue weighted by atomic mass is 14.8. The van der Waals surface area contributed by atoms with Crippen LogP contribution in [-0.2, 0) is 0 Å². The van der Waals surface area contributed by atoms with E-state index in [0.29, 0.717) is 23.7 Å². The summed E-state index contributed by atoms with van der Waals surface area (Å²) in [5.74, 6) is 2.92. The van der Waals surface area contributed by atoms with Gasteiger partial charge in [-0.2, -0.15) is 0 Å². The summed E-state index contributed by atoms with van der Waals surface area (Å²) in [6.45, 7) is 0. The lowest BCUT2D eigenvalue weighted by molar-refractivity contribution is 0.0794. The monoisotopic (exact) mass is 1020 g/mol. The fourth-order valence-corrected chi connectivity index (χ4v) is 13.6. The molecule has 3 saturated carbocycles. The summed E-state index contributed by atoms with van der Waals surface area (Å²) < 4.78 is 0. The van der Waals surface area contributed by atoms with E-state index >= 15 is 0 Å². The number of aromatic nitrogens is 10. The van der Waals surface area contributed by atoms with Crippen LogP contribution in [0.4, 0.5) is 0 Å². The Hall–Kier alpha value is -8.50. The molecule has 0 N–H and O–H groups in total. The lowest BCUT2D eigenvalue weighted by atomic mass is 9.58. The molecule has 10 heterocycles. The van der Waals surface area contributed by atoms with E-state index in [9.17, 15) is 0 Å². The summed E-state index contributed by atoms with van der Waals surface area (Å²) in [5, 5.41) is 0. The first-order valence-corrected chi connectivity index (χ1v) is 28.0. The van der Waals surface area contributed by atoms with Gasteiger partial charge in [0.1, 0.15) is 0 Å². The third-order valence-corrected chi connectivity index (χ3v) is 17.2. The van der Waals surface area contributed by atoms with E-state index in [-0.39, 0.29) is 29.6 Å². The Balaban J connectivity index is 0.891. The van der Waals surface area contributed by atoms with Crippen LogP contribution < -0.4 is 0 Å². The number of nitrogens with zero attached hydrogens (tertiary/aromatic N) is 10. The van der Waals surface area contributed by atoms with Gasteiger partial charge in [-0.25, -0.2) is 0 Å². The number of rotatable bonds is 12. The van der Waals surface area contributed by atoms with Crippen LogP contribution in [0.1, 0.15) is 116 Å². The highest BCUT2D eigenvalue weighted by Gasteiger charge is 2.44. The van der Waals surface area contributed by atoms with Crippen molar-refractivity contribution in [3.8, 4) is 56.9 Å². The van der Waals surface area contributed by atoms with Crippen molar-refractivity contribution >= 4 is 0 Å². The summed E-state index contributed by atoms with van der Waals surface area (Å²) in [6, 6.07) is 63.1. The average Bonchev–Trinajstić information content (AvgIpc) is 3.54. The van der Waals surface area contributed by atoms with Crippen LogP contribution in [0.5, 0.6) is 0 Å². The van der Waals surface area contributed by atoms with E-state index in [1.807, 2.05) is 85.6 Å². The smallest absolute Gasteiger partial charge is 0.0889 e. The van der Waals surface area contributed by atoms with Gasteiger partial charge < -0.3 is 0 Å². The Morgan fingerprint density at radius 1 is 0.192 bits per heavy atom. The van der Waals surface area contributed by atoms with Crippen LogP contribution in [0, 0.1) is 23.7 Å². The number of hydrogen-bond acceptors (Lipinski definition) is 10. The summed E-state index contributed by atoms with van der Waals surface area (Å²) in [7, 11) is 0. The minimum atomic E-state index is 0.237. The molecule has 0 saturated heterocycles. The third kappa shape index (κ3) is 10.9. The molecule has 10 nitrogen and oxygen atoms in total. The molecule has 3 fully saturated rings. The number of hydrogen-bond donors (Lipinski definition) is 0. The molecule has 0 radical (unpaired) electrons. The van der Waals surface area contributed by atoms with Crippen molar-refractivity contribution in [1.29, 1.82) is 0 Å². The first-order valence-electron chi connectivity index (χ1n) is 28.0. The SMILES string of the molecule is c1ccc(-c2cccc(C3CC(c4cccc(-c5ccccn5)n4)CC(C4CC(c5cccc(-c6ccccn6)n5)CC(C5CC(c6cccc(-c7ccccn7)n6)CC(c6cccc(-c7ccccn7)n6)C5)C4)C3)n2)nc1. The van der Waals surface area contributed by atoms with Crippen molar-refractivity contribution in [2.45, 2.75) is 87.4 Å². The van der Waals surface area contributed by atoms with Crippen LogP contribution in [0.3, 0.4) is 0 Å². The van der Waals surface area contributed by atoms with Gasteiger partial charge in [0.2, 0.25) is 0 Å². The molecule has 0 spiro atoms. The zero-order chi connectivity index (χ0) is 52.0. The molecule has 0 aliphatic heterocycles. The van der Waals surface area contributed by atoms with Crippen LogP contribution in [0.15, 0.2) is 213 Å². The predicted octanol–water partition coefficient (Wildman–Crippen LogP) is 15.2. The first-order chi connectivity index (χ1) is 38.6. The quantitative estimate of drug-likeness (QED) is 0.117. The van der Waals surface area contributed by atoms with Gasteiger partial charge in [-0.15, -0.1) is 0 Å². The second kappa shape index (κ2) is 22.6. The molecule has 0 amide bonds. The molecule has 6 unspecified atom stereocenters. The van der Waals surface area contributed by atoms with Crippen molar-refractivity contribution in [3.05, 3.63) is 241 Å². The normalized spacial score (nSPS) is 23.3. The van der Waals surface area contributed by atoms with Crippen LogP contribution >= 0.6 is 0 Å². The Bertz CT molecular complexity index is 3210. The second-order valence-electron chi connectivity index (χ2n) is 22.0. The van der Waals surface area contributed by atoms with E-state index in [4.69, 9.17) is 49.8 Å². The molecule has 78 heavy (non-hydrogen) atoms. The molecule has 384 valence electrons. The van der Waals surface area contributed by atoms with Crippen molar-refractivity contribution in [2.75, 3.05) is 0 Å². The van der Waals surface area contributed by atoms with Crippen molar-refractivity contribution in [3.63, 3.8) is 0 Å². The Kier molecular flexibility index (Phi) is 14.2.